The first-order chi connectivity index (χ1) is 34.7. The van der Waals surface area contributed by atoms with Crippen LogP contribution in [0.5, 0.6) is 0 Å². The van der Waals surface area contributed by atoms with E-state index in [-0.39, 0.29) is 74.6 Å². The first-order valence-corrected chi connectivity index (χ1v) is 24.9. The van der Waals surface area contributed by atoms with E-state index in [2.05, 4.69) is 54.5 Å². The number of likely N-dealkylation sites (tertiary alicyclic amines) is 2. The standard InChI is InChI=1S/C30H33N3O3.C29H31N3O3.K.H2O/c1-36-28(35)30(24-11-5-2-6-12-24,25-13-7-3-8-14-25)19-22-32-20-17-29(18-21-32)27(34)31-23-33(29)26-15-9-4-10-16-26;33-26-28(32(22-30-26)25-14-8-3-9-15-25)16-19-31(20-17-28)21-18-29(27(34)35,23-10-4-1-5-11-23)24-12-6-2-7-13-24;;/h2-16H,17-23H2,1H3,(H,31,34);1-15H,16-22H2,(H,30,33)(H,34,35);;1H2/q;;+1;/p-1. The largest absolute Gasteiger partial charge is 1.00 e. The summed E-state index contributed by atoms with van der Waals surface area (Å²) in [5, 5.41) is 16.7. The predicted octanol–water partition coefficient (Wildman–Crippen LogP) is 4.67. The molecule has 6 aromatic rings. The zero-order valence-corrected chi connectivity index (χ0v) is 45.1. The van der Waals surface area contributed by atoms with E-state index in [0.717, 1.165) is 79.2 Å². The van der Waals surface area contributed by atoms with Crippen molar-refractivity contribution in [1.82, 2.24) is 20.4 Å². The van der Waals surface area contributed by atoms with Gasteiger partial charge in [-0.15, -0.1) is 0 Å². The van der Waals surface area contributed by atoms with Crippen molar-refractivity contribution in [3.8, 4) is 0 Å². The molecule has 0 unspecified atom stereocenters. The van der Waals surface area contributed by atoms with Gasteiger partial charge in [-0.1, -0.05) is 158 Å². The van der Waals surface area contributed by atoms with Gasteiger partial charge in [0.1, 0.15) is 21.9 Å². The van der Waals surface area contributed by atoms with Crippen LogP contribution in [0.2, 0.25) is 0 Å². The Bertz CT molecular complexity index is 2650. The number of carboxylic acid groups (broad SMARTS) is 1. The van der Waals surface area contributed by atoms with E-state index in [1.807, 2.05) is 158 Å². The molecule has 0 saturated carbocycles. The number of esters is 1. The second-order valence-electron chi connectivity index (χ2n) is 19.2. The minimum absolute atomic E-state index is 0. The first kappa shape index (κ1) is 55.1. The van der Waals surface area contributed by atoms with Gasteiger partial charge in [0.25, 0.3) is 0 Å². The van der Waals surface area contributed by atoms with E-state index in [1.54, 1.807) is 0 Å². The van der Waals surface area contributed by atoms with Crippen molar-refractivity contribution >= 4 is 35.1 Å². The number of para-hydroxylation sites is 2. The Balaban J connectivity index is 0.000000208. The fourth-order valence-corrected chi connectivity index (χ4v) is 11.7. The van der Waals surface area contributed by atoms with E-state index in [0.29, 0.717) is 45.6 Å². The molecule has 0 atom stereocenters. The van der Waals surface area contributed by atoms with Gasteiger partial charge < -0.3 is 45.6 Å². The summed E-state index contributed by atoms with van der Waals surface area (Å²) >= 11 is 0. The average molecular weight is 1010 g/mol. The molecule has 6 aromatic carbocycles. The summed E-state index contributed by atoms with van der Waals surface area (Å²) in [5.41, 5.74) is 2.49. The number of benzene rings is 6. The van der Waals surface area contributed by atoms with Crippen LogP contribution in [0.25, 0.3) is 0 Å². The quantitative estimate of drug-likeness (QED) is 0.103. The molecule has 4 N–H and O–H groups in total. The number of rotatable bonds is 14. The Morgan fingerprint density at radius 1 is 0.507 bits per heavy atom. The van der Waals surface area contributed by atoms with Crippen LogP contribution >= 0.6 is 0 Å². The van der Waals surface area contributed by atoms with Gasteiger partial charge in [-0.05, 0) is 98.1 Å². The van der Waals surface area contributed by atoms with Gasteiger partial charge in [-0.25, -0.2) is 0 Å². The van der Waals surface area contributed by atoms with E-state index in [9.17, 15) is 24.3 Å². The number of hydrogen-bond acceptors (Lipinski definition) is 10. The number of anilines is 2. The van der Waals surface area contributed by atoms with Crippen molar-refractivity contribution in [2.75, 3.05) is 69.5 Å². The molecule has 4 fully saturated rings. The molecular weight excluding hydrogens is 944 g/mol. The van der Waals surface area contributed by atoms with Crippen LogP contribution in [0.3, 0.4) is 0 Å². The maximum atomic E-state index is 13.5. The Morgan fingerprint density at radius 3 is 1.10 bits per heavy atom. The third-order valence-corrected chi connectivity index (χ3v) is 15.7. The summed E-state index contributed by atoms with van der Waals surface area (Å²) in [4.78, 5) is 61.4. The molecule has 0 radical (unpaired) electrons. The number of carbonyl (C=O) groups excluding carboxylic acids is 3. The molecule has 73 heavy (non-hydrogen) atoms. The Kier molecular flexibility index (Phi) is 18.5. The summed E-state index contributed by atoms with van der Waals surface area (Å²) < 4.78 is 5.40. The van der Waals surface area contributed by atoms with Crippen molar-refractivity contribution in [2.24, 2.45) is 0 Å². The number of ether oxygens (including phenoxy) is 1. The van der Waals surface area contributed by atoms with Gasteiger partial charge in [0, 0.05) is 37.6 Å². The summed E-state index contributed by atoms with van der Waals surface area (Å²) in [7, 11) is 1.46. The van der Waals surface area contributed by atoms with Crippen molar-refractivity contribution in [3.05, 3.63) is 204 Å². The third-order valence-electron chi connectivity index (χ3n) is 15.7. The molecule has 10 rings (SSSR count). The summed E-state index contributed by atoms with van der Waals surface area (Å²) in [5.74, 6) is -0.884. The van der Waals surface area contributed by atoms with Crippen LogP contribution in [0.4, 0.5) is 11.4 Å². The van der Waals surface area contributed by atoms with Crippen molar-refractivity contribution in [2.45, 2.75) is 60.4 Å². The van der Waals surface area contributed by atoms with Crippen molar-refractivity contribution < 1.29 is 85.9 Å². The molecule has 14 heteroatoms. The second-order valence-corrected chi connectivity index (χ2v) is 19.2. The molecule has 4 heterocycles. The number of nitrogens with zero attached hydrogens (tertiary/aromatic N) is 4. The van der Waals surface area contributed by atoms with Crippen molar-refractivity contribution in [1.29, 1.82) is 0 Å². The zero-order chi connectivity index (χ0) is 49.3. The monoisotopic (exact) mass is 1010 g/mol. The van der Waals surface area contributed by atoms with Crippen LogP contribution in [0.1, 0.15) is 60.8 Å². The van der Waals surface area contributed by atoms with Gasteiger partial charge in [-0.2, -0.15) is 0 Å². The number of nitrogens with one attached hydrogen (secondary N) is 2. The summed E-state index contributed by atoms with van der Waals surface area (Å²) in [6, 6.07) is 59.2. The number of methoxy groups -OCH3 is 1. The number of carbonyl (C=O) groups is 4. The number of piperidine rings is 2. The van der Waals surface area contributed by atoms with Crippen LogP contribution in [0, 0.1) is 0 Å². The SMILES string of the molecule is COC(=O)C(CCN1CCC2(CC1)C(=O)NCN2c1ccccc1)(c1ccccc1)c1ccccc1.O=C(O)C(CCN1CCC2(CC1)C(=O)NCN2c1ccccc1)(c1ccccc1)c1ccccc1.[K+].[OH-]. The van der Waals surface area contributed by atoms with Gasteiger partial charge >= 0.3 is 63.3 Å². The smallest absolute Gasteiger partial charge is 0.870 e. The second kappa shape index (κ2) is 24.6. The van der Waals surface area contributed by atoms with E-state index >= 15 is 0 Å². The maximum absolute atomic E-state index is 13.5. The molecule has 0 aromatic heterocycles. The predicted molar refractivity (Wildman–Crippen MR) is 279 cm³/mol. The molecule has 2 spiro atoms. The molecule has 4 aliphatic heterocycles. The molecular formula is C59H65KN6O7. The normalized spacial score (nSPS) is 17.3. The van der Waals surface area contributed by atoms with Crippen LogP contribution in [-0.4, -0.2) is 115 Å². The number of amides is 2. The Hall–Kier alpha value is -5.68. The third kappa shape index (κ3) is 10.9. The first-order valence-electron chi connectivity index (χ1n) is 24.9. The number of aliphatic carboxylic acids is 1. The Labute approximate surface area is 471 Å². The molecule has 374 valence electrons. The number of carboxylic acids is 1. The van der Waals surface area contributed by atoms with E-state index < -0.39 is 27.9 Å². The zero-order valence-electron chi connectivity index (χ0n) is 41.9. The topological polar surface area (TPSA) is 165 Å². The molecule has 13 nitrogen and oxygen atoms in total. The molecule has 0 aliphatic carbocycles. The van der Waals surface area contributed by atoms with E-state index in [1.165, 1.54) is 7.11 Å². The summed E-state index contributed by atoms with van der Waals surface area (Å²) in [6.45, 7) is 5.49. The van der Waals surface area contributed by atoms with E-state index in [4.69, 9.17) is 4.74 Å². The van der Waals surface area contributed by atoms with Crippen LogP contribution in [-0.2, 0) is 34.7 Å². The minimum Gasteiger partial charge on any atom is -0.870 e. The van der Waals surface area contributed by atoms with Gasteiger partial charge in [-0.3, -0.25) is 19.2 Å². The van der Waals surface area contributed by atoms with Crippen LogP contribution < -0.4 is 71.8 Å². The number of hydrogen-bond donors (Lipinski definition) is 3. The Morgan fingerprint density at radius 2 is 0.795 bits per heavy atom. The average Bonchev–Trinajstić information content (AvgIpc) is 3.92. The molecule has 2 amide bonds. The fourth-order valence-electron chi connectivity index (χ4n) is 11.7. The summed E-state index contributed by atoms with van der Waals surface area (Å²) in [6.07, 6.45) is 3.97. The van der Waals surface area contributed by atoms with Crippen LogP contribution in [0.15, 0.2) is 182 Å². The van der Waals surface area contributed by atoms with Crippen molar-refractivity contribution in [3.63, 3.8) is 0 Å². The van der Waals surface area contributed by atoms with Gasteiger partial charge in [0.15, 0.2) is 0 Å². The molecule has 4 saturated heterocycles. The fraction of sp³-hybridized carbons (Fsp3) is 0.322. The minimum atomic E-state index is -1.13. The molecule has 0 bridgehead atoms. The van der Waals surface area contributed by atoms with Gasteiger partial charge in [0.05, 0.1) is 20.4 Å². The molecule has 4 aliphatic rings. The maximum Gasteiger partial charge on any atom is 1.00 e. The van der Waals surface area contributed by atoms with Gasteiger partial charge in [0.2, 0.25) is 11.8 Å².